The van der Waals surface area contributed by atoms with E-state index >= 15 is 0 Å². The van der Waals surface area contributed by atoms with Gasteiger partial charge in [0.1, 0.15) is 0 Å². The Hall–Kier alpha value is -2.03. The zero-order chi connectivity index (χ0) is 18.7. The fraction of sp³-hybridized carbons (Fsp3) is 0.467. The first kappa shape index (κ1) is 20.0. The van der Waals surface area contributed by atoms with E-state index < -0.39 is 44.0 Å². The molecule has 134 valence electrons. The van der Waals surface area contributed by atoms with Gasteiger partial charge in [-0.05, 0) is 52.0 Å². The second kappa shape index (κ2) is 7.25. The summed E-state index contributed by atoms with van der Waals surface area (Å²) in [5.74, 6) is -4.91. The van der Waals surface area contributed by atoms with Crippen molar-refractivity contribution in [3.63, 3.8) is 0 Å². The number of hydrogen-bond acceptors (Lipinski definition) is 5. The summed E-state index contributed by atoms with van der Waals surface area (Å²) in [5, 5.41) is 2.64. The SMILES string of the molecule is C[C@H](OC(=O)c1ccc(S(=O)(=O)C(F)F)cc1)C(=O)NC(C)(C)C. The lowest BCUT2D eigenvalue weighted by molar-refractivity contribution is -0.130. The first-order chi connectivity index (χ1) is 10.8. The number of sulfone groups is 1. The monoisotopic (exact) mass is 363 g/mol. The molecule has 24 heavy (non-hydrogen) atoms. The van der Waals surface area contributed by atoms with Crippen molar-refractivity contribution >= 4 is 21.7 Å². The van der Waals surface area contributed by atoms with E-state index in [1.165, 1.54) is 6.92 Å². The van der Waals surface area contributed by atoms with Crippen LogP contribution in [0, 0.1) is 0 Å². The quantitative estimate of drug-likeness (QED) is 0.810. The smallest absolute Gasteiger partial charge is 0.341 e. The summed E-state index contributed by atoms with van der Waals surface area (Å²) in [6.45, 7) is 6.68. The predicted molar refractivity (Wildman–Crippen MR) is 82.4 cm³/mol. The topological polar surface area (TPSA) is 89.5 Å². The first-order valence-electron chi connectivity index (χ1n) is 7.00. The average molecular weight is 363 g/mol. The van der Waals surface area contributed by atoms with Crippen molar-refractivity contribution in [3.05, 3.63) is 29.8 Å². The number of esters is 1. The van der Waals surface area contributed by atoms with E-state index in [1.54, 1.807) is 20.8 Å². The summed E-state index contributed by atoms with van der Waals surface area (Å²) in [6.07, 6.45) is -1.07. The second-order valence-electron chi connectivity index (χ2n) is 6.12. The molecule has 0 spiro atoms. The first-order valence-corrected chi connectivity index (χ1v) is 8.54. The second-order valence-corrected chi connectivity index (χ2v) is 8.03. The van der Waals surface area contributed by atoms with Crippen LogP contribution in [0.1, 0.15) is 38.1 Å². The highest BCUT2D eigenvalue weighted by Gasteiger charge is 2.27. The molecule has 0 aliphatic rings. The van der Waals surface area contributed by atoms with Crippen LogP contribution in [0.5, 0.6) is 0 Å². The van der Waals surface area contributed by atoms with Gasteiger partial charge < -0.3 is 10.1 Å². The highest BCUT2D eigenvalue weighted by molar-refractivity contribution is 7.91. The number of rotatable bonds is 5. The minimum absolute atomic E-state index is 0.0568. The molecule has 0 bridgehead atoms. The van der Waals surface area contributed by atoms with E-state index in [0.717, 1.165) is 24.3 Å². The van der Waals surface area contributed by atoms with Gasteiger partial charge in [-0.2, -0.15) is 8.78 Å². The van der Waals surface area contributed by atoms with Crippen LogP contribution >= 0.6 is 0 Å². The van der Waals surface area contributed by atoms with Crippen molar-refractivity contribution < 1.29 is 31.5 Å². The Bertz CT molecular complexity index is 708. The third kappa shape index (κ3) is 5.26. The predicted octanol–water partition coefficient (Wildman–Crippen LogP) is 2.14. The molecule has 1 N–H and O–H groups in total. The van der Waals surface area contributed by atoms with Gasteiger partial charge in [0, 0.05) is 5.54 Å². The van der Waals surface area contributed by atoms with Crippen LogP contribution in [0.15, 0.2) is 29.2 Å². The highest BCUT2D eigenvalue weighted by atomic mass is 32.2. The van der Waals surface area contributed by atoms with Crippen LogP contribution in [-0.2, 0) is 19.4 Å². The molecule has 0 heterocycles. The summed E-state index contributed by atoms with van der Waals surface area (Å²) in [6, 6.07) is 3.87. The number of halogens is 2. The molecule has 0 aliphatic heterocycles. The van der Waals surface area contributed by atoms with Gasteiger partial charge in [-0.15, -0.1) is 0 Å². The Kier molecular flexibility index (Phi) is 6.04. The maximum absolute atomic E-state index is 12.4. The van der Waals surface area contributed by atoms with Crippen LogP contribution in [-0.4, -0.2) is 37.7 Å². The average Bonchev–Trinajstić information content (AvgIpc) is 2.45. The number of benzene rings is 1. The Morgan fingerprint density at radius 2 is 1.62 bits per heavy atom. The molecule has 0 radical (unpaired) electrons. The molecule has 6 nitrogen and oxygen atoms in total. The van der Waals surface area contributed by atoms with E-state index in [1.807, 2.05) is 0 Å². The maximum atomic E-state index is 12.4. The molecule has 0 unspecified atom stereocenters. The van der Waals surface area contributed by atoms with Crippen molar-refractivity contribution in [2.75, 3.05) is 0 Å². The lowest BCUT2D eigenvalue weighted by Gasteiger charge is -2.23. The van der Waals surface area contributed by atoms with E-state index in [0.29, 0.717) is 0 Å². The van der Waals surface area contributed by atoms with Gasteiger partial charge in [0.15, 0.2) is 6.10 Å². The molecular formula is C15H19F2NO5S. The fourth-order valence-electron chi connectivity index (χ4n) is 1.64. The molecular weight excluding hydrogens is 344 g/mol. The van der Waals surface area contributed by atoms with Gasteiger partial charge in [0.2, 0.25) is 9.84 Å². The van der Waals surface area contributed by atoms with Gasteiger partial charge in [-0.3, -0.25) is 4.79 Å². The zero-order valence-electron chi connectivity index (χ0n) is 13.7. The number of nitrogens with one attached hydrogen (secondary N) is 1. The summed E-state index contributed by atoms with van der Waals surface area (Å²) in [7, 11) is -4.73. The minimum atomic E-state index is -4.73. The third-order valence-corrected chi connectivity index (χ3v) is 4.20. The summed E-state index contributed by atoms with van der Waals surface area (Å²) < 4.78 is 52.4. The van der Waals surface area contributed by atoms with E-state index in [9.17, 15) is 26.8 Å². The molecule has 1 amide bonds. The summed E-state index contributed by atoms with van der Waals surface area (Å²) >= 11 is 0. The lowest BCUT2D eigenvalue weighted by atomic mass is 10.1. The van der Waals surface area contributed by atoms with Crippen LogP contribution in [0.2, 0.25) is 0 Å². The van der Waals surface area contributed by atoms with Crippen molar-refractivity contribution in [3.8, 4) is 0 Å². The highest BCUT2D eigenvalue weighted by Crippen LogP contribution is 2.19. The molecule has 0 fully saturated rings. The molecule has 1 aromatic carbocycles. The van der Waals surface area contributed by atoms with Crippen LogP contribution in [0.25, 0.3) is 0 Å². The van der Waals surface area contributed by atoms with Crippen molar-refractivity contribution in [1.29, 1.82) is 0 Å². The van der Waals surface area contributed by atoms with E-state index in [2.05, 4.69) is 5.32 Å². The maximum Gasteiger partial charge on any atom is 0.341 e. The Morgan fingerprint density at radius 1 is 1.12 bits per heavy atom. The van der Waals surface area contributed by atoms with Gasteiger partial charge >= 0.3 is 11.7 Å². The Balaban J connectivity index is 2.81. The number of carbonyl (C=O) groups excluding carboxylic acids is 2. The molecule has 0 saturated carbocycles. The molecule has 1 atom stereocenters. The number of alkyl halides is 2. The van der Waals surface area contributed by atoms with Crippen molar-refractivity contribution in [2.24, 2.45) is 0 Å². The number of ether oxygens (including phenoxy) is 1. The van der Waals surface area contributed by atoms with Gasteiger partial charge in [-0.1, -0.05) is 0 Å². The standard InChI is InChI=1S/C15H19F2NO5S/c1-9(12(19)18-15(2,3)4)23-13(20)10-5-7-11(8-6-10)24(21,22)14(16)17/h5-9,14H,1-4H3,(H,18,19)/t9-/m0/s1. The number of carbonyl (C=O) groups is 2. The number of hydrogen-bond donors (Lipinski definition) is 1. The van der Waals surface area contributed by atoms with E-state index in [4.69, 9.17) is 4.74 Å². The molecule has 0 aromatic heterocycles. The van der Waals surface area contributed by atoms with Crippen LogP contribution < -0.4 is 5.32 Å². The molecule has 1 aromatic rings. The minimum Gasteiger partial charge on any atom is -0.449 e. The van der Waals surface area contributed by atoms with Crippen molar-refractivity contribution in [2.45, 2.75) is 50.0 Å². The summed E-state index contributed by atoms with van der Waals surface area (Å²) in [5.41, 5.74) is -0.554. The summed E-state index contributed by atoms with van der Waals surface area (Å²) in [4.78, 5) is 23.2. The molecule has 9 heteroatoms. The van der Waals surface area contributed by atoms with E-state index in [-0.39, 0.29) is 5.56 Å². The Labute approximate surface area is 139 Å². The fourth-order valence-corrected chi connectivity index (χ4v) is 2.36. The molecule has 0 saturated heterocycles. The van der Waals surface area contributed by atoms with Crippen LogP contribution in [0.3, 0.4) is 0 Å². The van der Waals surface area contributed by atoms with Crippen molar-refractivity contribution in [1.82, 2.24) is 5.32 Å². The largest absolute Gasteiger partial charge is 0.449 e. The number of amides is 1. The van der Waals surface area contributed by atoms with Gasteiger partial charge in [0.05, 0.1) is 10.5 Å². The third-order valence-electron chi connectivity index (χ3n) is 2.80. The van der Waals surface area contributed by atoms with Gasteiger partial charge in [-0.25, -0.2) is 13.2 Å². The Morgan fingerprint density at radius 3 is 2.04 bits per heavy atom. The van der Waals surface area contributed by atoms with Gasteiger partial charge in [0.25, 0.3) is 5.91 Å². The molecule has 1 rings (SSSR count). The van der Waals surface area contributed by atoms with Crippen LogP contribution in [0.4, 0.5) is 8.78 Å². The lowest BCUT2D eigenvalue weighted by Crippen LogP contribution is -2.46. The zero-order valence-corrected chi connectivity index (χ0v) is 14.5. The molecule has 0 aliphatic carbocycles. The normalized spacial score (nSPS) is 13.5.